The maximum atomic E-state index is 12.1. The Labute approximate surface area is 121 Å². The Morgan fingerprint density at radius 3 is 2.79 bits per heavy atom. The molecule has 3 N–H and O–H groups in total. The van der Waals surface area contributed by atoms with Crippen LogP contribution >= 0.6 is 15.9 Å². The molecule has 0 spiro atoms. The lowest BCUT2D eigenvalue weighted by Gasteiger charge is -2.20. The minimum absolute atomic E-state index is 0.0813. The first-order valence-corrected chi connectivity index (χ1v) is 7.32. The lowest BCUT2D eigenvalue weighted by atomic mass is 10.2. The predicted octanol–water partition coefficient (Wildman–Crippen LogP) is 2.07. The van der Waals surface area contributed by atoms with E-state index in [0.29, 0.717) is 18.2 Å². The van der Waals surface area contributed by atoms with Gasteiger partial charge < -0.3 is 15.8 Å². The topological polar surface area (TPSA) is 64.3 Å². The molecule has 0 radical (unpaired) electrons. The summed E-state index contributed by atoms with van der Waals surface area (Å²) < 4.78 is 6.49. The van der Waals surface area contributed by atoms with Crippen molar-refractivity contribution < 1.29 is 9.53 Å². The second-order valence-electron chi connectivity index (χ2n) is 4.88. The van der Waals surface area contributed by atoms with Crippen molar-refractivity contribution >= 4 is 21.8 Å². The van der Waals surface area contributed by atoms with Crippen molar-refractivity contribution in [2.75, 3.05) is 6.54 Å². The molecular weight excluding hydrogens is 308 g/mol. The van der Waals surface area contributed by atoms with Gasteiger partial charge in [-0.15, -0.1) is 0 Å². The highest BCUT2D eigenvalue weighted by Gasteiger charge is 2.32. The summed E-state index contributed by atoms with van der Waals surface area (Å²) in [5, 5.41) is 2.96. The summed E-state index contributed by atoms with van der Waals surface area (Å²) in [6.45, 7) is 2.23. The van der Waals surface area contributed by atoms with Crippen LogP contribution < -0.4 is 15.8 Å². The Morgan fingerprint density at radius 2 is 2.21 bits per heavy atom. The zero-order valence-corrected chi connectivity index (χ0v) is 12.5. The summed E-state index contributed by atoms with van der Waals surface area (Å²) in [5.41, 5.74) is 5.68. The molecule has 0 heterocycles. The average molecular weight is 327 g/mol. The lowest BCUT2D eigenvalue weighted by molar-refractivity contribution is -0.128. The number of hydrogen-bond acceptors (Lipinski definition) is 3. The number of para-hydroxylation sites is 1. The summed E-state index contributed by atoms with van der Waals surface area (Å²) in [7, 11) is 0. The zero-order chi connectivity index (χ0) is 13.8. The minimum Gasteiger partial charge on any atom is -0.480 e. The van der Waals surface area contributed by atoms with E-state index in [1.807, 2.05) is 24.3 Å². The number of benzene rings is 1. The molecule has 4 nitrogen and oxygen atoms in total. The van der Waals surface area contributed by atoms with Crippen molar-refractivity contribution in [2.45, 2.75) is 31.9 Å². The van der Waals surface area contributed by atoms with Crippen molar-refractivity contribution in [1.82, 2.24) is 5.32 Å². The van der Waals surface area contributed by atoms with Crippen LogP contribution in [0.15, 0.2) is 28.7 Å². The Bertz CT molecular complexity index is 449. The maximum absolute atomic E-state index is 12.1. The number of ether oxygens (including phenoxy) is 1. The van der Waals surface area contributed by atoms with Crippen LogP contribution in [0, 0.1) is 5.92 Å². The summed E-state index contributed by atoms with van der Waals surface area (Å²) in [4.78, 5) is 12.1. The summed E-state index contributed by atoms with van der Waals surface area (Å²) in [6.07, 6.45) is 1.77. The molecule has 1 aromatic rings. The third-order valence-electron chi connectivity index (χ3n) is 3.28. The first-order chi connectivity index (χ1) is 9.11. The molecule has 1 aromatic carbocycles. The number of nitrogens with one attached hydrogen (secondary N) is 1. The number of carbonyl (C=O) groups is 1. The molecule has 2 unspecified atom stereocenters. The molecule has 1 aliphatic rings. The van der Waals surface area contributed by atoms with E-state index in [1.54, 1.807) is 6.92 Å². The van der Waals surface area contributed by atoms with Gasteiger partial charge in [0.2, 0.25) is 0 Å². The van der Waals surface area contributed by atoms with Gasteiger partial charge in [-0.3, -0.25) is 4.79 Å². The third-order valence-corrected chi connectivity index (χ3v) is 3.94. The van der Waals surface area contributed by atoms with Gasteiger partial charge in [0.15, 0.2) is 6.10 Å². The van der Waals surface area contributed by atoms with E-state index in [0.717, 1.165) is 17.3 Å². The molecule has 1 amide bonds. The van der Waals surface area contributed by atoms with E-state index in [4.69, 9.17) is 10.5 Å². The fourth-order valence-corrected chi connectivity index (χ4v) is 2.33. The first kappa shape index (κ1) is 14.3. The highest BCUT2D eigenvalue weighted by Crippen LogP contribution is 2.32. The molecule has 19 heavy (non-hydrogen) atoms. The Kier molecular flexibility index (Phi) is 4.82. The number of amides is 1. The number of hydrogen-bond donors (Lipinski definition) is 2. The van der Waals surface area contributed by atoms with Crippen LogP contribution in [0.2, 0.25) is 0 Å². The Balaban J connectivity index is 1.90. The molecule has 0 aliphatic heterocycles. The summed E-state index contributed by atoms with van der Waals surface area (Å²) >= 11 is 3.39. The van der Waals surface area contributed by atoms with Gasteiger partial charge in [-0.1, -0.05) is 12.1 Å². The highest BCUT2D eigenvalue weighted by molar-refractivity contribution is 9.10. The molecule has 1 fully saturated rings. The van der Waals surface area contributed by atoms with Crippen LogP contribution in [0.1, 0.15) is 19.8 Å². The van der Waals surface area contributed by atoms with Gasteiger partial charge in [0.25, 0.3) is 5.91 Å². The van der Waals surface area contributed by atoms with Gasteiger partial charge in [-0.2, -0.15) is 0 Å². The normalized spacial score (nSPS) is 17.6. The van der Waals surface area contributed by atoms with Crippen molar-refractivity contribution in [2.24, 2.45) is 11.7 Å². The van der Waals surface area contributed by atoms with Gasteiger partial charge in [-0.25, -0.2) is 0 Å². The van der Waals surface area contributed by atoms with Crippen molar-refractivity contribution in [3.05, 3.63) is 28.7 Å². The smallest absolute Gasteiger partial charge is 0.261 e. The molecule has 2 rings (SSSR count). The van der Waals surface area contributed by atoms with E-state index in [1.165, 1.54) is 0 Å². The van der Waals surface area contributed by atoms with Crippen molar-refractivity contribution in [1.29, 1.82) is 0 Å². The minimum atomic E-state index is -0.536. The second kappa shape index (κ2) is 6.39. The monoisotopic (exact) mass is 326 g/mol. The van der Waals surface area contributed by atoms with Crippen LogP contribution in [0.25, 0.3) is 0 Å². The molecule has 0 saturated heterocycles. The molecular formula is C14H19BrN2O2. The van der Waals surface area contributed by atoms with Gasteiger partial charge in [-0.05, 0) is 53.7 Å². The molecule has 104 valence electrons. The van der Waals surface area contributed by atoms with Crippen LogP contribution in [-0.4, -0.2) is 24.6 Å². The van der Waals surface area contributed by atoms with E-state index < -0.39 is 6.10 Å². The quantitative estimate of drug-likeness (QED) is 0.841. The largest absolute Gasteiger partial charge is 0.480 e. The fourth-order valence-electron chi connectivity index (χ4n) is 1.95. The second-order valence-corrected chi connectivity index (χ2v) is 5.73. The average Bonchev–Trinajstić information content (AvgIpc) is 3.22. The predicted molar refractivity (Wildman–Crippen MR) is 77.9 cm³/mol. The van der Waals surface area contributed by atoms with E-state index in [-0.39, 0.29) is 11.9 Å². The van der Waals surface area contributed by atoms with Gasteiger partial charge in [0, 0.05) is 12.6 Å². The van der Waals surface area contributed by atoms with Gasteiger partial charge in [0.05, 0.1) is 4.47 Å². The van der Waals surface area contributed by atoms with E-state index in [2.05, 4.69) is 21.2 Å². The fraction of sp³-hybridized carbons (Fsp3) is 0.500. The van der Waals surface area contributed by atoms with E-state index in [9.17, 15) is 4.79 Å². The van der Waals surface area contributed by atoms with Gasteiger partial charge in [0.1, 0.15) is 5.75 Å². The molecule has 0 bridgehead atoms. The molecule has 2 atom stereocenters. The van der Waals surface area contributed by atoms with Gasteiger partial charge >= 0.3 is 0 Å². The number of halogens is 1. The summed E-state index contributed by atoms with van der Waals surface area (Å²) in [6, 6.07) is 7.57. The number of carbonyl (C=O) groups excluding carboxylic acids is 1. The molecule has 1 aliphatic carbocycles. The van der Waals surface area contributed by atoms with Crippen LogP contribution in [0.5, 0.6) is 5.75 Å². The SMILES string of the molecule is CC(Oc1ccccc1Br)C(=O)NC(CN)C1CC1. The Morgan fingerprint density at radius 1 is 1.53 bits per heavy atom. The standard InChI is InChI=1S/C14H19BrN2O2/c1-9(19-13-5-3-2-4-11(13)15)14(18)17-12(8-16)10-6-7-10/h2-5,9-10,12H,6-8,16H2,1H3,(H,17,18). The Hall–Kier alpha value is -1.07. The molecule has 0 aromatic heterocycles. The van der Waals surface area contributed by atoms with Crippen LogP contribution in [0.3, 0.4) is 0 Å². The summed E-state index contributed by atoms with van der Waals surface area (Å²) in [5.74, 6) is 1.10. The lowest BCUT2D eigenvalue weighted by Crippen LogP contribution is -2.46. The number of rotatable bonds is 6. The maximum Gasteiger partial charge on any atom is 0.261 e. The van der Waals surface area contributed by atoms with E-state index >= 15 is 0 Å². The first-order valence-electron chi connectivity index (χ1n) is 6.53. The molecule has 1 saturated carbocycles. The van der Waals surface area contributed by atoms with Crippen molar-refractivity contribution in [3.8, 4) is 5.75 Å². The van der Waals surface area contributed by atoms with Crippen molar-refractivity contribution in [3.63, 3.8) is 0 Å². The zero-order valence-electron chi connectivity index (χ0n) is 10.9. The highest BCUT2D eigenvalue weighted by atomic mass is 79.9. The third kappa shape index (κ3) is 3.94. The molecule has 5 heteroatoms. The van der Waals surface area contributed by atoms with Crippen LogP contribution in [-0.2, 0) is 4.79 Å². The van der Waals surface area contributed by atoms with Crippen LogP contribution in [0.4, 0.5) is 0 Å². The number of nitrogens with two attached hydrogens (primary N) is 1.